The van der Waals surface area contributed by atoms with Crippen molar-refractivity contribution in [1.29, 1.82) is 0 Å². The fraction of sp³-hybridized carbons (Fsp3) is 0.429. The van der Waals surface area contributed by atoms with Crippen LogP contribution >= 0.6 is 11.6 Å². The minimum Gasteiger partial charge on any atom is -0.369 e. The summed E-state index contributed by atoms with van der Waals surface area (Å²) in [4.78, 5) is 35.4. The Hall–Kier alpha value is -2.19. The minimum atomic E-state index is -0.579. The Morgan fingerprint density at radius 3 is 2.61 bits per heavy atom. The lowest BCUT2D eigenvalue weighted by Gasteiger charge is -2.29. The number of benzene rings is 1. The van der Waals surface area contributed by atoms with Gasteiger partial charge in [-0.15, -0.1) is 0 Å². The molecular weight excluding hydrogens is 324 g/mol. The maximum absolute atomic E-state index is 12.1. The van der Waals surface area contributed by atoms with Gasteiger partial charge in [0.2, 0.25) is 11.8 Å². The smallest absolute Gasteiger partial charge is 0.292 e. The average molecular weight is 341 g/mol. The molecule has 2 amide bonds. The minimum absolute atomic E-state index is 0.0690. The second-order valence-electron chi connectivity index (χ2n) is 5.42. The quantitative estimate of drug-likeness (QED) is 0.620. The van der Waals surface area contributed by atoms with Crippen LogP contribution in [-0.4, -0.2) is 41.3 Å². The second kappa shape index (κ2) is 7.38. The number of nitrogens with one attached hydrogen (secondary N) is 1. The van der Waals surface area contributed by atoms with Crippen LogP contribution < -0.4 is 11.1 Å². The number of hydrogen-bond donors (Lipinski definition) is 2. The van der Waals surface area contributed by atoms with Crippen molar-refractivity contribution in [2.45, 2.75) is 12.8 Å². The fourth-order valence-corrected chi connectivity index (χ4v) is 2.71. The van der Waals surface area contributed by atoms with Gasteiger partial charge in [-0.25, -0.2) is 0 Å². The molecule has 23 heavy (non-hydrogen) atoms. The van der Waals surface area contributed by atoms with Crippen molar-refractivity contribution in [3.63, 3.8) is 0 Å². The summed E-state index contributed by atoms with van der Waals surface area (Å²) in [6.45, 7) is 1.26. The number of hydrogen-bond acceptors (Lipinski definition) is 5. The van der Waals surface area contributed by atoms with E-state index in [1.165, 1.54) is 18.2 Å². The van der Waals surface area contributed by atoms with Crippen LogP contribution in [0.1, 0.15) is 12.8 Å². The number of likely N-dealkylation sites (tertiary alicyclic amines) is 1. The summed E-state index contributed by atoms with van der Waals surface area (Å²) in [5.41, 5.74) is 5.12. The van der Waals surface area contributed by atoms with Crippen LogP contribution in [0.3, 0.4) is 0 Å². The van der Waals surface area contributed by atoms with Crippen molar-refractivity contribution < 1.29 is 14.5 Å². The van der Waals surface area contributed by atoms with E-state index in [9.17, 15) is 19.7 Å². The van der Waals surface area contributed by atoms with E-state index in [1.54, 1.807) is 0 Å². The van der Waals surface area contributed by atoms with E-state index in [0.717, 1.165) is 0 Å². The lowest BCUT2D eigenvalue weighted by molar-refractivity contribution is -0.383. The molecule has 0 atom stereocenters. The lowest BCUT2D eigenvalue weighted by Crippen LogP contribution is -2.42. The molecule has 0 aromatic heterocycles. The van der Waals surface area contributed by atoms with E-state index >= 15 is 0 Å². The summed E-state index contributed by atoms with van der Waals surface area (Å²) >= 11 is 5.81. The van der Waals surface area contributed by atoms with E-state index < -0.39 is 4.92 Å². The largest absolute Gasteiger partial charge is 0.369 e. The van der Waals surface area contributed by atoms with Crippen molar-refractivity contribution in [3.8, 4) is 0 Å². The number of primary amides is 1. The first-order valence-corrected chi connectivity index (χ1v) is 7.50. The fourth-order valence-electron chi connectivity index (χ4n) is 2.54. The molecule has 1 saturated heterocycles. The van der Waals surface area contributed by atoms with Gasteiger partial charge < -0.3 is 11.1 Å². The molecule has 0 radical (unpaired) electrons. The Kier molecular flexibility index (Phi) is 5.51. The molecule has 2 rings (SSSR count). The van der Waals surface area contributed by atoms with Crippen molar-refractivity contribution in [2.24, 2.45) is 11.7 Å². The number of nitrogens with zero attached hydrogens (tertiary/aromatic N) is 2. The van der Waals surface area contributed by atoms with E-state index in [2.05, 4.69) is 5.32 Å². The van der Waals surface area contributed by atoms with Crippen molar-refractivity contribution in [3.05, 3.63) is 33.3 Å². The van der Waals surface area contributed by atoms with Crippen LogP contribution in [0, 0.1) is 16.0 Å². The summed E-state index contributed by atoms with van der Waals surface area (Å²) in [5, 5.41) is 13.8. The molecule has 1 heterocycles. The summed E-state index contributed by atoms with van der Waals surface area (Å²) in [5.74, 6) is -0.833. The van der Waals surface area contributed by atoms with Crippen LogP contribution in [0.4, 0.5) is 11.4 Å². The predicted molar refractivity (Wildman–Crippen MR) is 85.1 cm³/mol. The maximum atomic E-state index is 12.1. The number of halogens is 1. The Balaban J connectivity index is 1.94. The van der Waals surface area contributed by atoms with Gasteiger partial charge in [0.25, 0.3) is 5.69 Å². The molecule has 0 unspecified atom stereocenters. The number of piperidine rings is 1. The molecule has 3 N–H and O–H groups in total. The Morgan fingerprint density at radius 1 is 1.39 bits per heavy atom. The predicted octanol–water partition coefficient (Wildman–Crippen LogP) is 1.38. The average Bonchev–Trinajstić information content (AvgIpc) is 2.47. The van der Waals surface area contributed by atoms with E-state index in [0.29, 0.717) is 31.0 Å². The zero-order valence-electron chi connectivity index (χ0n) is 12.3. The Morgan fingerprint density at radius 2 is 2.04 bits per heavy atom. The maximum Gasteiger partial charge on any atom is 0.292 e. The number of carbonyl (C=O) groups is 2. The molecule has 9 heteroatoms. The topological polar surface area (TPSA) is 119 Å². The number of nitro groups is 1. The molecule has 0 saturated carbocycles. The molecule has 1 aromatic rings. The SMILES string of the molecule is NC(=O)C1CCN(CC(=O)Nc2cc(Cl)ccc2[N+](=O)[O-])CC1. The van der Waals surface area contributed by atoms with Gasteiger partial charge in [0, 0.05) is 17.0 Å². The first-order valence-electron chi connectivity index (χ1n) is 7.12. The molecule has 1 aliphatic rings. The highest BCUT2D eigenvalue weighted by atomic mass is 35.5. The van der Waals surface area contributed by atoms with Gasteiger partial charge in [-0.1, -0.05) is 11.6 Å². The molecule has 1 aliphatic heterocycles. The van der Waals surface area contributed by atoms with E-state index in [4.69, 9.17) is 17.3 Å². The molecule has 1 fully saturated rings. The van der Waals surface area contributed by atoms with E-state index in [-0.39, 0.29) is 35.7 Å². The van der Waals surface area contributed by atoms with Crippen molar-refractivity contribution in [2.75, 3.05) is 25.0 Å². The summed E-state index contributed by atoms with van der Waals surface area (Å²) in [7, 11) is 0. The second-order valence-corrected chi connectivity index (χ2v) is 5.86. The van der Waals surface area contributed by atoms with Gasteiger partial charge in [-0.3, -0.25) is 24.6 Å². The number of nitrogens with two attached hydrogens (primary N) is 1. The first kappa shape index (κ1) is 17.2. The van der Waals surface area contributed by atoms with Gasteiger partial charge in [-0.05, 0) is 38.1 Å². The highest BCUT2D eigenvalue weighted by Gasteiger charge is 2.25. The van der Waals surface area contributed by atoms with E-state index in [1.807, 2.05) is 4.90 Å². The van der Waals surface area contributed by atoms with Gasteiger partial charge in [0.1, 0.15) is 5.69 Å². The standard InChI is InChI=1S/C14H17ClN4O4/c15-10-1-2-12(19(22)23)11(7-10)17-13(20)8-18-5-3-9(4-6-18)14(16)21/h1-2,7,9H,3-6,8H2,(H2,16,21)(H,17,20). The Bertz CT molecular complexity index is 629. The summed E-state index contributed by atoms with van der Waals surface area (Å²) in [6, 6.07) is 3.98. The van der Waals surface area contributed by atoms with Gasteiger partial charge in [0.05, 0.1) is 11.5 Å². The van der Waals surface area contributed by atoms with Gasteiger partial charge in [-0.2, -0.15) is 0 Å². The number of nitro benzene ring substituents is 1. The highest BCUT2D eigenvalue weighted by Crippen LogP contribution is 2.27. The van der Waals surface area contributed by atoms with Crippen molar-refractivity contribution >= 4 is 34.8 Å². The van der Waals surface area contributed by atoms with Crippen LogP contribution in [0.15, 0.2) is 18.2 Å². The van der Waals surface area contributed by atoms with Gasteiger partial charge in [0.15, 0.2) is 0 Å². The molecule has 8 nitrogen and oxygen atoms in total. The van der Waals surface area contributed by atoms with Crippen molar-refractivity contribution in [1.82, 2.24) is 4.90 Å². The van der Waals surface area contributed by atoms with Gasteiger partial charge >= 0.3 is 0 Å². The molecule has 124 valence electrons. The first-order chi connectivity index (χ1) is 10.9. The number of amides is 2. The summed E-state index contributed by atoms with van der Waals surface area (Å²) < 4.78 is 0. The zero-order chi connectivity index (χ0) is 17.0. The molecule has 0 bridgehead atoms. The zero-order valence-corrected chi connectivity index (χ0v) is 13.1. The monoisotopic (exact) mass is 340 g/mol. The third kappa shape index (κ3) is 4.64. The van der Waals surface area contributed by atoms with Crippen LogP contribution in [0.25, 0.3) is 0 Å². The molecule has 0 aliphatic carbocycles. The number of anilines is 1. The van der Waals surface area contributed by atoms with Crippen LogP contribution in [0.5, 0.6) is 0 Å². The number of carbonyl (C=O) groups excluding carboxylic acids is 2. The highest BCUT2D eigenvalue weighted by molar-refractivity contribution is 6.31. The summed E-state index contributed by atoms with van der Waals surface area (Å²) in [6.07, 6.45) is 1.22. The van der Waals surface area contributed by atoms with Crippen LogP contribution in [-0.2, 0) is 9.59 Å². The molecule has 1 aromatic carbocycles. The Labute approximate surface area is 137 Å². The lowest BCUT2D eigenvalue weighted by atomic mass is 9.96. The third-order valence-corrected chi connectivity index (χ3v) is 4.02. The third-order valence-electron chi connectivity index (χ3n) is 3.79. The van der Waals surface area contributed by atoms with Crippen LogP contribution in [0.2, 0.25) is 5.02 Å². The molecule has 0 spiro atoms. The molecular formula is C14H17ClN4O4. The normalized spacial score (nSPS) is 16.0. The number of rotatable bonds is 5.